The van der Waals surface area contributed by atoms with Crippen molar-refractivity contribution >= 4 is 5.91 Å². The molecule has 0 rings (SSSR count). The van der Waals surface area contributed by atoms with E-state index < -0.39 is 0 Å². The van der Waals surface area contributed by atoms with Gasteiger partial charge in [0.1, 0.15) is 0 Å². The fourth-order valence-electron chi connectivity index (χ4n) is 0.952. The molecule has 0 bridgehead atoms. The second-order valence-electron chi connectivity index (χ2n) is 3.56. The fraction of sp³-hybridized carbons (Fsp3) is 0.900. The molecule has 0 unspecified atom stereocenters. The molecule has 0 aromatic rings. The molecule has 0 atom stereocenters. The Morgan fingerprint density at radius 1 is 1.38 bits per heavy atom. The van der Waals surface area contributed by atoms with Crippen molar-refractivity contribution in [1.29, 1.82) is 0 Å². The summed E-state index contributed by atoms with van der Waals surface area (Å²) >= 11 is 0. The molecule has 1 amide bonds. The third-order valence-corrected chi connectivity index (χ3v) is 1.51. The Labute approximate surface area is 80.8 Å². The summed E-state index contributed by atoms with van der Waals surface area (Å²) in [7, 11) is 0. The van der Waals surface area contributed by atoms with Crippen molar-refractivity contribution in [2.75, 3.05) is 19.8 Å². The van der Waals surface area contributed by atoms with Crippen LogP contribution < -0.4 is 5.32 Å². The van der Waals surface area contributed by atoms with E-state index in [-0.39, 0.29) is 5.91 Å². The molecule has 0 radical (unpaired) electrons. The average molecular weight is 187 g/mol. The van der Waals surface area contributed by atoms with Crippen LogP contribution in [0.25, 0.3) is 0 Å². The Kier molecular flexibility index (Phi) is 7.69. The van der Waals surface area contributed by atoms with Crippen LogP contribution in [-0.2, 0) is 9.53 Å². The maximum atomic E-state index is 11.1. The quantitative estimate of drug-likeness (QED) is 0.614. The van der Waals surface area contributed by atoms with Crippen LogP contribution >= 0.6 is 0 Å². The molecule has 1 N–H and O–H groups in total. The zero-order chi connectivity index (χ0) is 10.1. The monoisotopic (exact) mass is 187 g/mol. The van der Waals surface area contributed by atoms with Gasteiger partial charge in [-0.2, -0.15) is 0 Å². The van der Waals surface area contributed by atoms with Gasteiger partial charge in [0.2, 0.25) is 5.91 Å². The Bertz CT molecular complexity index is 135. The lowest BCUT2D eigenvalue weighted by Gasteiger charge is -2.07. The summed E-state index contributed by atoms with van der Waals surface area (Å²) in [6.45, 7) is 8.17. The van der Waals surface area contributed by atoms with Gasteiger partial charge in [0.15, 0.2) is 0 Å². The van der Waals surface area contributed by atoms with Crippen molar-refractivity contribution in [3.63, 3.8) is 0 Å². The van der Waals surface area contributed by atoms with Crippen LogP contribution in [0.5, 0.6) is 0 Å². The lowest BCUT2D eigenvalue weighted by molar-refractivity contribution is -0.122. The summed E-state index contributed by atoms with van der Waals surface area (Å²) < 4.78 is 5.22. The van der Waals surface area contributed by atoms with E-state index in [1.54, 1.807) is 0 Å². The number of carbonyl (C=O) groups excluding carboxylic acids is 1. The van der Waals surface area contributed by atoms with E-state index in [0.717, 1.165) is 13.0 Å². The van der Waals surface area contributed by atoms with Gasteiger partial charge < -0.3 is 10.1 Å². The van der Waals surface area contributed by atoms with Gasteiger partial charge in [-0.3, -0.25) is 4.79 Å². The molecule has 0 fully saturated rings. The Morgan fingerprint density at radius 3 is 2.62 bits per heavy atom. The predicted octanol–water partition coefficient (Wildman–Crippen LogP) is 1.58. The number of hydrogen-bond donors (Lipinski definition) is 1. The molecule has 3 heteroatoms. The van der Waals surface area contributed by atoms with Crippen molar-refractivity contribution in [2.24, 2.45) is 5.92 Å². The molecule has 0 aliphatic heterocycles. The van der Waals surface area contributed by atoms with Gasteiger partial charge in [0, 0.05) is 19.6 Å². The summed E-state index contributed by atoms with van der Waals surface area (Å²) in [5.74, 6) is 0.548. The highest BCUT2D eigenvalue weighted by atomic mass is 16.5. The van der Waals surface area contributed by atoms with E-state index in [9.17, 15) is 4.79 Å². The third kappa shape index (κ3) is 9.34. The first-order chi connectivity index (χ1) is 6.16. The van der Waals surface area contributed by atoms with E-state index in [0.29, 0.717) is 25.5 Å². The van der Waals surface area contributed by atoms with E-state index >= 15 is 0 Å². The summed E-state index contributed by atoms with van der Waals surface area (Å²) in [6.07, 6.45) is 1.63. The van der Waals surface area contributed by atoms with Crippen molar-refractivity contribution in [3.05, 3.63) is 0 Å². The zero-order valence-electron chi connectivity index (χ0n) is 8.93. The molecule has 0 saturated carbocycles. The van der Waals surface area contributed by atoms with E-state index in [1.165, 1.54) is 0 Å². The molecular formula is C10H21NO2. The first kappa shape index (κ1) is 12.4. The highest BCUT2D eigenvalue weighted by Gasteiger charge is 2.02. The molecule has 3 nitrogen and oxygen atoms in total. The number of carbonyl (C=O) groups is 1. The zero-order valence-corrected chi connectivity index (χ0v) is 8.93. The second kappa shape index (κ2) is 8.05. The number of hydrogen-bond acceptors (Lipinski definition) is 2. The lowest BCUT2D eigenvalue weighted by atomic mass is 10.1. The molecule has 0 aliphatic carbocycles. The average Bonchev–Trinajstić information content (AvgIpc) is 2.02. The number of rotatable bonds is 7. The molecule has 78 valence electrons. The third-order valence-electron chi connectivity index (χ3n) is 1.51. The van der Waals surface area contributed by atoms with Gasteiger partial charge in [0.05, 0.1) is 6.61 Å². The van der Waals surface area contributed by atoms with Crippen LogP contribution in [0.2, 0.25) is 0 Å². The SMILES string of the molecule is CCCOCCNC(=O)CC(C)C. The van der Waals surface area contributed by atoms with Crippen LogP contribution in [0.4, 0.5) is 0 Å². The maximum Gasteiger partial charge on any atom is 0.220 e. The molecule has 13 heavy (non-hydrogen) atoms. The molecule has 0 spiro atoms. The van der Waals surface area contributed by atoms with Crippen molar-refractivity contribution in [1.82, 2.24) is 5.32 Å². The van der Waals surface area contributed by atoms with Crippen molar-refractivity contribution in [3.8, 4) is 0 Å². The molecular weight excluding hydrogens is 166 g/mol. The number of nitrogens with one attached hydrogen (secondary N) is 1. The van der Waals surface area contributed by atoms with Crippen LogP contribution in [-0.4, -0.2) is 25.7 Å². The molecule has 0 heterocycles. The summed E-state index contributed by atoms with van der Waals surface area (Å²) in [5, 5.41) is 2.81. The lowest BCUT2D eigenvalue weighted by Crippen LogP contribution is -2.28. The smallest absolute Gasteiger partial charge is 0.220 e. The van der Waals surface area contributed by atoms with Gasteiger partial charge in [-0.05, 0) is 12.3 Å². The summed E-state index contributed by atoms with van der Waals surface area (Å²) in [4.78, 5) is 11.1. The molecule has 0 saturated heterocycles. The Balaban J connectivity index is 3.17. The summed E-state index contributed by atoms with van der Waals surface area (Å²) in [6, 6.07) is 0. The minimum absolute atomic E-state index is 0.120. The Hall–Kier alpha value is -0.570. The van der Waals surface area contributed by atoms with E-state index in [4.69, 9.17) is 4.74 Å². The first-order valence-electron chi connectivity index (χ1n) is 5.01. The van der Waals surface area contributed by atoms with Crippen molar-refractivity contribution in [2.45, 2.75) is 33.6 Å². The van der Waals surface area contributed by atoms with Gasteiger partial charge >= 0.3 is 0 Å². The van der Waals surface area contributed by atoms with E-state index in [2.05, 4.69) is 12.2 Å². The van der Waals surface area contributed by atoms with Gasteiger partial charge in [0.25, 0.3) is 0 Å². The first-order valence-corrected chi connectivity index (χ1v) is 5.01. The van der Waals surface area contributed by atoms with Crippen LogP contribution in [0, 0.1) is 5.92 Å². The topological polar surface area (TPSA) is 38.3 Å². The minimum Gasteiger partial charge on any atom is -0.380 e. The molecule has 0 aromatic carbocycles. The van der Waals surface area contributed by atoms with Gasteiger partial charge in [-0.15, -0.1) is 0 Å². The highest BCUT2D eigenvalue weighted by Crippen LogP contribution is 1.97. The standard InChI is InChI=1S/C10H21NO2/c1-4-6-13-7-5-11-10(12)8-9(2)3/h9H,4-8H2,1-3H3,(H,11,12). The van der Waals surface area contributed by atoms with Crippen LogP contribution in [0.15, 0.2) is 0 Å². The highest BCUT2D eigenvalue weighted by molar-refractivity contribution is 5.75. The molecule has 0 aliphatic rings. The van der Waals surface area contributed by atoms with Gasteiger partial charge in [-0.1, -0.05) is 20.8 Å². The normalized spacial score (nSPS) is 10.5. The fourth-order valence-corrected chi connectivity index (χ4v) is 0.952. The predicted molar refractivity (Wildman–Crippen MR) is 53.6 cm³/mol. The minimum atomic E-state index is 0.120. The largest absolute Gasteiger partial charge is 0.380 e. The van der Waals surface area contributed by atoms with E-state index in [1.807, 2.05) is 13.8 Å². The number of ether oxygens (including phenoxy) is 1. The van der Waals surface area contributed by atoms with Crippen LogP contribution in [0.3, 0.4) is 0 Å². The van der Waals surface area contributed by atoms with Gasteiger partial charge in [-0.25, -0.2) is 0 Å². The molecule has 0 aromatic heterocycles. The van der Waals surface area contributed by atoms with Crippen molar-refractivity contribution < 1.29 is 9.53 Å². The summed E-state index contributed by atoms with van der Waals surface area (Å²) in [5.41, 5.74) is 0. The Morgan fingerprint density at radius 2 is 2.08 bits per heavy atom. The number of amides is 1. The second-order valence-corrected chi connectivity index (χ2v) is 3.56. The van der Waals surface area contributed by atoms with Crippen LogP contribution in [0.1, 0.15) is 33.6 Å². The maximum absolute atomic E-state index is 11.1.